The van der Waals surface area contributed by atoms with Crippen LogP contribution in [0.15, 0.2) is 48.7 Å². The summed E-state index contributed by atoms with van der Waals surface area (Å²) < 4.78 is 0. The lowest BCUT2D eigenvalue weighted by Gasteiger charge is -2.19. The maximum atomic E-state index is 12.1. The fourth-order valence-electron chi connectivity index (χ4n) is 2.32. The smallest absolute Gasteiger partial charge is 0.251 e. The molecule has 1 aromatic heterocycles. The number of carbonyl (C=O) groups is 2. The van der Waals surface area contributed by atoms with Crippen LogP contribution in [-0.4, -0.2) is 29.9 Å². The van der Waals surface area contributed by atoms with E-state index in [4.69, 9.17) is 0 Å². The van der Waals surface area contributed by atoms with Gasteiger partial charge in [0, 0.05) is 30.4 Å². The fourth-order valence-corrected chi connectivity index (χ4v) is 2.32. The lowest BCUT2D eigenvalue weighted by Crippen LogP contribution is -2.37. The summed E-state index contributed by atoms with van der Waals surface area (Å²) in [4.78, 5) is 28.1. The molecular weight excluding hydrogens is 314 g/mol. The van der Waals surface area contributed by atoms with E-state index in [9.17, 15) is 9.59 Å². The van der Waals surface area contributed by atoms with Crippen molar-refractivity contribution in [2.45, 2.75) is 32.6 Å². The zero-order valence-corrected chi connectivity index (χ0v) is 15.0. The molecule has 1 aromatic carbocycles. The SMILES string of the molecule is CC(C)(C)c1ccc(C(=O)NCC(=O)NCCc2ccccn2)cc1. The summed E-state index contributed by atoms with van der Waals surface area (Å²) >= 11 is 0. The van der Waals surface area contributed by atoms with Gasteiger partial charge in [-0.25, -0.2) is 0 Å². The first-order valence-electron chi connectivity index (χ1n) is 8.41. The van der Waals surface area contributed by atoms with Crippen LogP contribution >= 0.6 is 0 Å². The van der Waals surface area contributed by atoms with Gasteiger partial charge in [0.1, 0.15) is 0 Å². The van der Waals surface area contributed by atoms with E-state index < -0.39 is 0 Å². The second kappa shape index (κ2) is 8.42. The molecule has 1 heterocycles. The van der Waals surface area contributed by atoms with Crippen LogP contribution in [0.5, 0.6) is 0 Å². The monoisotopic (exact) mass is 339 g/mol. The molecule has 0 aliphatic carbocycles. The second-order valence-corrected chi connectivity index (χ2v) is 6.93. The molecule has 2 amide bonds. The van der Waals surface area contributed by atoms with E-state index in [1.54, 1.807) is 18.3 Å². The largest absolute Gasteiger partial charge is 0.354 e. The molecule has 5 heteroatoms. The van der Waals surface area contributed by atoms with Gasteiger partial charge in [0.05, 0.1) is 6.54 Å². The molecule has 2 rings (SSSR count). The molecule has 5 nitrogen and oxygen atoms in total. The maximum Gasteiger partial charge on any atom is 0.251 e. The van der Waals surface area contributed by atoms with Crippen LogP contribution in [-0.2, 0) is 16.6 Å². The number of hydrogen-bond donors (Lipinski definition) is 2. The minimum absolute atomic E-state index is 0.0396. The molecule has 0 spiro atoms. The van der Waals surface area contributed by atoms with E-state index in [0.29, 0.717) is 18.5 Å². The predicted octanol–water partition coefficient (Wildman–Crippen LogP) is 2.47. The van der Waals surface area contributed by atoms with Gasteiger partial charge < -0.3 is 10.6 Å². The Bertz CT molecular complexity index is 704. The Balaban J connectivity index is 1.74. The van der Waals surface area contributed by atoms with Crippen molar-refractivity contribution in [2.75, 3.05) is 13.1 Å². The van der Waals surface area contributed by atoms with Crippen molar-refractivity contribution >= 4 is 11.8 Å². The standard InChI is InChI=1S/C20H25N3O2/c1-20(2,3)16-9-7-15(8-10-16)19(25)23-14-18(24)22-13-11-17-6-4-5-12-21-17/h4-10,12H,11,13-14H2,1-3H3,(H,22,24)(H,23,25). The van der Waals surface area contributed by atoms with Crippen molar-refractivity contribution in [3.8, 4) is 0 Å². The highest BCUT2D eigenvalue weighted by molar-refractivity contribution is 5.96. The molecule has 0 radical (unpaired) electrons. The number of aromatic nitrogens is 1. The van der Waals surface area contributed by atoms with Crippen molar-refractivity contribution < 1.29 is 9.59 Å². The van der Waals surface area contributed by atoms with Crippen LogP contribution in [0.3, 0.4) is 0 Å². The van der Waals surface area contributed by atoms with Crippen molar-refractivity contribution in [3.63, 3.8) is 0 Å². The molecule has 0 atom stereocenters. The molecule has 0 aliphatic rings. The summed E-state index contributed by atoms with van der Waals surface area (Å²) in [6.45, 7) is 6.82. The summed E-state index contributed by atoms with van der Waals surface area (Å²) in [6.07, 6.45) is 2.39. The molecule has 2 aromatic rings. The van der Waals surface area contributed by atoms with Gasteiger partial charge in [-0.2, -0.15) is 0 Å². The summed E-state index contributed by atoms with van der Waals surface area (Å²) in [5.74, 6) is -0.462. The number of nitrogens with one attached hydrogen (secondary N) is 2. The maximum absolute atomic E-state index is 12.1. The van der Waals surface area contributed by atoms with Gasteiger partial charge >= 0.3 is 0 Å². The average Bonchev–Trinajstić information content (AvgIpc) is 2.60. The van der Waals surface area contributed by atoms with E-state index in [1.165, 1.54) is 0 Å². The van der Waals surface area contributed by atoms with Crippen molar-refractivity contribution in [3.05, 3.63) is 65.5 Å². The third kappa shape index (κ3) is 6.03. The van der Waals surface area contributed by atoms with Gasteiger partial charge in [0.2, 0.25) is 5.91 Å². The number of benzene rings is 1. The normalized spacial score (nSPS) is 11.0. The number of rotatable bonds is 6. The number of carbonyl (C=O) groups excluding carboxylic acids is 2. The zero-order chi connectivity index (χ0) is 18.3. The Morgan fingerprint density at radius 2 is 1.72 bits per heavy atom. The zero-order valence-electron chi connectivity index (χ0n) is 15.0. The summed E-state index contributed by atoms with van der Waals surface area (Å²) in [5, 5.41) is 5.41. The number of nitrogens with zero attached hydrogens (tertiary/aromatic N) is 1. The molecular formula is C20H25N3O2. The molecule has 0 bridgehead atoms. The van der Waals surface area contributed by atoms with Crippen LogP contribution in [0, 0.1) is 0 Å². The van der Waals surface area contributed by atoms with Crippen molar-refractivity contribution in [1.82, 2.24) is 15.6 Å². The van der Waals surface area contributed by atoms with E-state index in [-0.39, 0.29) is 23.8 Å². The van der Waals surface area contributed by atoms with Crippen molar-refractivity contribution in [2.24, 2.45) is 0 Å². The molecule has 0 fully saturated rings. The summed E-state index contributed by atoms with van der Waals surface area (Å²) in [6, 6.07) is 13.1. The first-order valence-corrected chi connectivity index (χ1v) is 8.41. The second-order valence-electron chi connectivity index (χ2n) is 6.93. The third-order valence-corrected chi connectivity index (χ3v) is 3.85. The van der Waals surface area contributed by atoms with Crippen molar-refractivity contribution in [1.29, 1.82) is 0 Å². The minimum Gasteiger partial charge on any atom is -0.354 e. The van der Waals surface area contributed by atoms with Crippen LogP contribution in [0.1, 0.15) is 42.4 Å². The Hall–Kier alpha value is -2.69. The molecule has 0 saturated carbocycles. The van der Waals surface area contributed by atoms with Crippen LogP contribution in [0.4, 0.5) is 0 Å². The Morgan fingerprint density at radius 3 is 2.32 bits per heavy atom. The lowest BCUT2D eigenvalue weighted by atomic mass is 9.87. The molecule has 2 N–H and O–H groups in total. The molecule has 132 valence electrons. The number of hydrogen-bond acceptors (Lipinski definition) is 3. The average molecular weight is 339 g/mol. The molecule has 0 saturated heterocycles. The van der Waals surface area contributed by atoms with E-state index >= 15 is 0 Å². The van der Waals surface area contributed by atoms with E-state index in [0.717, 1.165) is 11.3 Å². The number of amides is 2. The van der Waals surface area contributed by atoms with Gasteiger partial charge in [-0.15, -0.1) is 0 Å². The Labute approximate surface area is 148 Å². The first-order chi connectivity index (χ1) is 11.9. The molecule has 0 aliphatic heterocycles. The highest BCUT2D eigenvalue weighted by atomic mass is 16.2. The Morgan fingerprint density at radius 1 is 1.00 bits per heavy atom. The molecule has 0 unspecified atom stereocenters. The summed E-state index contributed by atoms with van der Waals surface area (Å²) in [5.41, 5.74) is 2.68. The summed E-state index contributed by atoms with van der Waals surface area (Å²) in [7, 11) is 0. The highest BCUT2D eigenvalue weighted by Crippen LogP contribution is 2.22. The van der Waals surface area contributed by atoms with Gasteiger partial charge in [0.25, 0.3) is 5.91 Å². The van der Waals surface area contributed by atoms with Gasteiger partial charge in [-0.1, -0.05) is 39.0 Å². The van der Waals surface area contributed by atoms with Gasteiger partial charge in [0.15, 0.2) is 0 Å². The first kappa shape index (κ1) is 18.6. The van der Waals surface area contributed by atoms with Gasteiger partial charge in [-0.05, 0) is 35.2 Å². The molecule has 25 heavy (non-hydrogen) atoms. The predicted molar refractivity (Wildman–Crippen MR) is 98.4 cm³/mol. The quantitative estimate of drug-likeness (QED) is 0.849. The number of pyridine rings is 1. The fraction of sp³-hybridized carbons (Fsp3) is 0.350. The minimum atomic E-state index is -0.250. The van der Waals surface area contributed by atoms with E-state index in [1.807, 2.05) is 30.3 Å². The van der Waals surface area contributed by atoms with Crippen LogP contribution in [0.25, 0.3) is 0 Å². The Kier molecular flexibility index (Phi) is 6.28. The topological polar surface area (TPSA) is 71.1 Å². The van der Waals surface area contributed by atoms with Crippen LogP contribution < -0.4 is 10.6 Å². The highest BCUT2D eigenvalue weighted by Gasteiger charge is 2.14. The third-order valence-electron chi connectivity index (χ3n) is 3.85. The van der Waals surface area contributed by atoms with E-state index in [2.05, 4.69) is 36.4 Å². The van der Waals surface area contributed by atoms with Gasteiger partial charge in [-0.3, -0.25) is 14.6 Å². The van der Waals surface area contributed by atoms with Crippen LogP contribution in [0.2, 0.25) is 0 Å². The lowest BCUT2D eigenvalue weighted by molar-refractivity contribution is -0.120.